The summed E-state index contributed by atoms with van der Waals surface area (Å²) in [5, 5.41) is 24.1. The molecule has 1 N–H and O–H groups in total. The van der Waals surface area contributed by atoms with Crippen molar-refractivity contribution in [2.45, 2.75) is 44.6 Å². The smallest absolute Gasteiger partial charge is 0.338 e. The number of aromatic nitrogens is 1. The van der Waals surface area contributed by atoms with Gasteiger partial charge in [0, 0.05) is 87.8 Å². The van der Waals surface area contributed by atoms with E-state index < -0.39 is 13.5 Å². The fourth-order valence-electron chi connectivity index (χ4n) is 9.45. The van der Waals surface area contributed by atoms with Gasteiger partial charge in [-0.1, -0.05) is 60.1 Å². The second-order valence-electron chi connectivity index (χ2n) is 17.8. The highest BCUT2D eigenvalue weighted by Gasteiger charge is 2.41. The van der Waals surface area contributed by atoms with Crippen LogP contribution >= 0.6 is 30.9 Å². The van der Waals surface area contributed by atoms with Crippen molar-refractivity contribution in [1.29, 1.82) is 0 Å². The Labute approximate surface area is 402 Å². The first-order chi connectivity index (χ1) is 32.2. The average Bonchev–Trinajstić information content (AvgIpc) is 3.88. The fourth-order valence-corrected chi connectivity index (χ4v) is 12.9. The Morgan fingerprint density at radius 1 is 0.851 bits per heavy atom. The van der Waals surface area contributed by atoms with E-state index in [1.54, 1.807) is 28.6 Å². The molecule has 2 fully saturated rings. The van der Waals surface area contributed by atoms with Crippen molar-refractivity contribution < 1.29 is 23.9 Å². The molecule has 350 valence electrons. The minimum atomic E-state index is -3.65. The maximum Gasteiger partial charge on any atom is 0.338 e. The number of thioether (sulfide) groups is 1. The number of hydrogen-bond acceptors (Lipinski definition) is 9. The van der Waals surface area contributed by atoms with Gasteiger partial charge in [0.25, 0.3) is 5.69 Å². The average molecular weight is 962 g/mol. The molecule has 6 aromatic rings. The van der Waals surface area contributed by atoms with E-state index in [-0.39, 0.29) is 29.2 Å². The second-order valence-corrected chi connectivity index (χ2v) is 21.7. The number of aromatic carboxylic acids is 1. The monoisotopic (exact) mass is 960 g/mol. The number of nitro groups is 1. The van der Waals surface area contributed by atoms with Gasteiger partial charge in [-0.2, -0.15) is 0 Å². The second kappa shape index (κ2) is 20.8. The van der Waals surface area contributed by atoms with Crippen LogP contribution in [0.2, 0.25) is 5.02 Å². The van der Waals surface area contributed by atoms with Crippen LogP contribution in [0.4, 0.5) is 22.7 Å². The molecule has 0 aliphatic carbocycles. The number of carboxylic acids is 1. The van der Waals surface area contributed by atoms with Crippen molar-refractivity contribution in [3.63, 3.8) is 0 Å². The highest BCUT2D eigenvalue weighted by molar-refractivity contribution is 7.99. The molecule has 15 heteroatoms. The van der Waals surface area contributed by atoms with E-state index in [1.165, 1.54) is 11.0 Å². The molecule has 2 saturated heterocycles. The van der Waals surface area contributed by atoms with Crippen LogP contribution in [-0.4, -0.2) is 91.2 Å². The molecule has 8 rings (SSSR count). The fraction of sp³-hybridized carbons (Fsp3) is 0.327. The van der Waals surface area contributed by atoms with E-state index in [2.05, 4.69) is 57.4 Å². The zero-order chi connectivity index (χ0) is 47.4. The first-order valence-electron chi connectivity index (χ1n) is 22.8. The van der Waals surface area contributed by atoms with E-state index >= 15 is 0 Å². The third-order valence-corrected chi connectivity index (χ3v) is 16.8. The van der Waals surface area contributed by atoms with Crippen molar-refractivity contribution in [2.24, 2.45) is 5.92 Å². The van der Waals surface area contributed by atoms with Gasteiger partial charge < -0.3 is 28.9 Å². The summed E-state index contributed by atoms with van der Waals surface area (Å²) >= 11 is 8.04. The van der Waals surface area contributed by atoms with Crippen molar-refractivity contribution in [3.05, 3.63) is 153 Å². The molecule has 0 saturated carbocycles. The number of nitro benzene ring substituents is 1. The minimum absolute atomic E-state index is 0.0225. The number of piperazine rings is 1. The van der Waals surface area contributed by atoms with Crippen LogP contribution in [0.25, 0.3) is 22.4 Å². The van der Waals surface area contributed by atoms with Gasteiger partial charge in [-0.3, -0.25) is 19.3 Å². The number of benzene rings is 5. The molecule has 67 heavy (non-hydrogen) atoms. The largest absolute Gasteiger partial charge is 0.478 e. The molecule has 1 aromatic heterocycles. The molecule has 0 radical (unpaired) electrons. The molecule has 5 aromatic carbocycles. The summed E-state index contributed by atoms with van der Waals surface area (Å²) in [6, 6.07) is 38.9. The molecule has 0 unspecified atom stereocenters. The van der Waals surface area contributed by atoms with Gasteiger partial charge in [-0.05, 0) is 138 Å². The zero-order valence-electron chi connectivity index (χ0n) is 38.7. The van der Waals surface area contributed by atoms with Crippen molar-refractivity contribution in [2.75, 3.05) is 80.2 Å². The summed E-state index contributed by atoms with van der Waals surface area (Å²) in [4.78, 5) is 33.1. The molecule has 0 spiro atoms. The summed E-state index contributed by atoms with van der Waals surface area (Å²) in [6.45, 7) is 10.5. The van der Waals surface area contributed by atoms with Crippen LogP contribution in [0, 0.1) is 23.0 Å². The van der Waals surface area contributed by atoms with E-state index in [0.717, 1.165) is 78.8 Å². The molecule has 12 nitrogen and oxygen atoms in total. The molecule has 2 atom stereocenters. The van der Waals surface area contributed by atoms with Gasteiger partial charge in [-0.25, -0.2) is 4.79 Å². The third-order valence-electron chi connectivity index (χ3n) is 12.8. The van der Waals surface area contributed by atoms with Crippen LogP contribution < -0.4 is 19.8 Å². The summed E-state index contributed by atoms with van der Waals surface area (Å²) < 4.78 is 24.7. The van der Waals surface area contributed by atoms with Gasteiger partial charge in [0.2, 0.25) is 0 Å². The third kappa shape index (κ3) is 10.5. The lowest BCUT2D eigenvalue weighted by atomic mass is 9.96. The topological polar surface area (TPSA) is 125 Å². The van der Waals surface area contributed by atoms with Gasteiger partial charge in [0.05, 0.1) is 34.6 Å². The highest BCUT2D eigenvalue weighted by atomic mass is 35.5. The Morgan fingerprint density at radius 3 is 2.16 bits per heavy atom. The van der Waals surface area contributed by atoms with Crippen LogP contribution in [-0.2, 0) is 15.5 Å². The Bertz CT molecular complexity index is 2760. The minimum Gasteiger partial charge on any atom is -0.478 e. The lowest BCUT2D eigenvalue weighted by Gasteiger charge is -2.37. The number of anilines is 3. The summed E-state index contributed by atoms with van der Waals surface area (Å²) in [5.41, 5.74) is 7.67. The summed E-state index contributed by atoms with van der Waals surface area (Å²) in [7, 11) is 0.423. The molecule has 0 amide bonds. The molecule has 0 bridgehead atoms. The lowest BCUT2D eigenvalue weighted by molar-refractivity contribution is -0.385. The van der Waals surface area contributed by atoms with Gasteiger partial charge in [0.1, 0.15) is 0 Å². The first-order valence-corrected chi connectivity index (χ1v) is 25.7. The number of rotatable bonds is 17. The van der Waals surface area contributed by atoms with Crippen molar-refractivity contribution in [1.82, 2.24) is 9.47 Å². The van der Waals surface area contributed by atoms with Crippen LogP contribution in [0.15, 0.2) is 126 Å². The van der Waals surface area contributed by atoms with Gasteiger partial charge >= 0.3 is 13.5 Å². The maximum absolute atomic E-state index is 14.8. The summed E-state index contributed by atoms with van der Waals surface area (Å²) in [5.74, 6) is 0.0562. The molecule has 2 aliphatic rings. The predicted molar refractivity (Wildman–Crippen MR) is 274 cm³/mol. The van der Waals surface area contributed by atoms with E-state index in [0.29, 0.717) is 45.7 Å². The van der Waals surface area contributed by atoms with Gasteiger partial charge in [-0.15, -0.1) is 11.8 Å². The van der Waals surface area contributed by atoms with Crippen LogP contribution in [0.1, 0.15) is 47.9 Å². The number of hydrogen-bond donors (Lipinski definition) is 1. The Morgan fingerprint density at radius 2 is 1.52 bits per heavy atom. The van der Waals surface area contributed by atoms with E-state index in [1.807, 2.05) is 99.9 Å². The number of carboxylic acid groups (broad SMARTS) is 1. The summed E-state index contributed by atoms with van der Waals surface area (Å²) in [6.07, 6.45) is 1.42. The number of carbonyl (C=O) groups is 1. The Kier molecular flexibility index (Phi) is 14.8. The quantitative estimate of drug-likeness (QED) is 0.0406. The molecular formula is C52H58ClN6O6PS. The van der Waals surface area contributed by atoms with Crippen LogP contribution in [0.3, 0.4) is 0 Å². The lowest BCUT2D eigenvalue weighted by Crippen LogP contribution is -2.46. The highest BCUT2D eigenvalue weighted by Crippen LogP contribution is 2.56. The Hall–Kier alpha value is -5.56. The maximum atomic E-state index is 14.8. The number of halogens is 1. The van der Waals surface area contributed by atoms with E-state index in [4.69, 9.17) is 16.1 Å². The predicted octanol–water partition coefficient (Wildman–Crippen LogP) is 11.6. The van der Waals surface area contributed by atoms with Crippen molar-refractivity contribution in [3.8, 4) is 22.4 Å². The Balaban J connectivity index is 0.966. The normalized spacial score (nSPS) is 16.9. The zero-order valence-corrected chi connectivity index (χ0v) is 41.1. The number of nitrogens with zero attached hydrogens (tertiary/aromatic N) is 6. The van der Waals surface area contributed by atoms with Crippen molar-refractivity contribution >= 4 is 64.9 Å². The molecule has 3 heterocycles. The van der Waals surface area contributed by atoms with Crippen LogP contribution in [0.5, 0.6) is 0 Å². The molecular weight excluding hydrogens is 903 g/mol. The standard InChI is InChI=1S/C52H58ClN6O6PS/c1-36(2)58-37(3)49(52(60)61)50(51(58)39-14-17-42(53)18-15-39)41-10-9-11-45(33-41)56-28-26-55(27-29-56)43-19-21-44(22-20-43)57-30-31-65-66(57,64)46-23-16-40(48(34-46)59(62)63)32-38(24-25-54(4)5)35-67-47-12-7-6-8-13-47/h6-23,33-34,36,38H,24-32,35H2,1-5H3,(H,60,61)/t38-,66-/m0/s1. The first kappa shape index (κ1) is 47.9. The van der Waals surface area contributed by atoms with E-state index in [9.17, 15) is 24.6 Å². The SMILES string of the molecule is Cc1c(C(=O)O)c(-c2cccc(N3CCN(c4ccc(N5CCO[P@@]5(=O)c5ccc(C[C@H](CCN(C)C)CSc6ccccc6)c([N+](=O)[O-])c5)cc4)CC3)c2)c(-c2ccc(Cl)cc2)n1C(C)C. The van der Waals surface area contributed by atoms with Gasteiger partial charge in [0.15, 0.2) is 0 Å². The molecule has 2 aliphatic heterocycles.